The molecular weight excluding hydrogens is 158 g/mol. The molecule has 4 nitrogen and oxygen atoms in total. The van der Waals surface area contributed by atoms with Crippen molar-refractivity contribution in [3.63, 3.8) is 0 Å². The molecule has 1 saturated carbocycles. The Kier molecular flexibility index (Phi) is 2.68. The summed E-state index contributed by atoms with van der Waals surface area (Å²) in [7, 11) is 0. The van der Waals surface area contributed by atoms with Gasteiger partial charge in [0.2, 0.25) is 5.91 Å². The molecule has 1 amide bonds. The molecule has 1 aliphatic rings. The van der Waals surface area contributed by atoms with Crippen LogP contribution in [-0.2, 0) is 9.59 Å². The van der Waals surface area contributed by atoms with Gasteiger partial charge in [-0.1, -0.05) is 0 Å². The van der Waals surface area contributed by atoms with Crippen molar-refractivity contribution in [2.24, 2.45) is 5.92 Å². The van der Waals surface area contributed by atoms with Gasteiger partial charge in [-0.2, -0.15) is 0 Å². The minimum Gasteiger partial charge on any atom is -0.481 e. The fourth-order valence-corrected chi connectivity index (χ4v) is 1.28. The van der Waals surface area contributed by atoms with Gasteiger partial charge in [-0.3, -0.25) is 9.59 Å². The van der Waals surface area contributed by atoms with Gasteiger partial charge in [0, 0.05) is 13.0 Å². The summed E-state index contributed by atoms with van der Waals surface area (Å²) >= 11 is 0. The summed E-state index contributed by atoms with van der Waals surface area (Å²) in [6.07, 6.45) is 2.13. The van der Waals surface area contributed by atoms with E-state index in [2.05, 4.69) is 5.32 Å². The average Bonchev–Trinajstić information content (AvgIpc) is 2.63. The standard InChI is InChI=1S/C8H13NO3/c1-5(10)9-7(4-8(11)12)6-2-3-6/h6-7H,2-4H2,1H3,(H,9,10)(H,11,12). The zero-order valence-electron chi connectivity index (χ0n) is 7.04. The Hall–Kier alpha value is -1.06. The van der Waals surface area contributed by atoms with Crippen molar-refractivity contribution in [1.82, 2.24) is 5.32 Å². The molecular formula is C8H13NO3. The quantitative estimate of drug-likeness (QED) is 0.642. The van der Waals surface area contributed by atoms with Crippen LogP contribution in [0.25, 0.3) is 0 Å². The molecule has 0 heterocycles. The molecule has 0 aromatic carbocycles. The second-order valence-corrected chi connectivity index (χ2v) is 3.24. The van der Waals surface area contributed by atoms with Crippen molar-refractivity contribution >= 4 is 11.9 Å². The van der Waals surface area contributed by atoms with Crippen molar-refractivity contribution in [2.45, 2.75) is 32.2 Å². The van der Waals surface area contributed by atoms with E-state index in [1.165, 1.54) is 6.92 Å². The monoisotopic (exact) mass is 171 g/mol. The van der Waals surface area contributed by atoms with Gasteiger partial charge in [0.05, 0.1) is 6.42 Å². The molecule has 12 heavy (non-hydrogen) atoms. The molecule has 0 saturated heterocycles. The number of amides is 1. The fraction of sp³-hybridized carbons (Fsp3) is 0.750. The maximum absolute atomic E-state index is 10.7. The molecule has 0 spiro atoms. The first-order valence-corrected chi connectivity index (χ1v) is 4.08. The number of carbonyl (C=O) groups excluding carboxylic acids is 1. The van der Waals surface area contributed by atoms with E-state index < -0.39 is 5.97 Å². The van der Waals surface area contributed by atoms with E-state index in [0.717, 1.165) is 12.8 Å². The number of hydrogen-bond acceptors (Lipinski definition) is 2. The van der Waals surface area contributed by atoms with Crippen LogP contribution < -0.4 is 5.32 Å². The van der Waals surface area contributed by atoms with Gasteiger partial charge < -0.3 is 10.4 Å². The van der Waals surface area contributed by atoms with Crippen LogP contribution in [0.3, 0.4) is 0 Å². The summed E-state index contributed by atoms with van der Waals surface area (Å²) in [6.45, 7) is 1.41. The lowest BCUT2D eigenvalue weighted by Gasteiger charge is -2.13. The zero-order chi connectivity index (χ0) is 9.14. The molecule has 1 aliphatic carbocycles. The van der Waals surface area contributed by atoms with E-state index in [9.17, 15) is 9.59 Å². The number of aliphatic carboxylic acids is 1. The second kappa shape index (κ2) is 3.56. The smallest absolute Gasteiger partial charge is 0.305 e. The van der Waals surface area contributed by atoms with Crippen molar-refractivity contribution in [3.8, 4) is 0 Å². The van der Waals surface area contributed by atoms with Crippen LogP contribution in [0.15, 0.2) is 0 Å². The lowest BCUT2D eigenvalue weighted by Crippen LogP contribution is -2.36. The normalized spacial score (nSPS) is 18.4. The molecule has 0 aliphatic heterocycles. The first-order chi connectivity index (χ1) is 5.59. The summed E-state index contributed by atoms with van der Waals surface area (Å²) in [4.78, 5) is 21.0. The average molecular weight is 171 g/mol. The minimum atomic E-state index is -0.847. The molecule has 1 fully saturated rings. The predicted octanol–water partition coefficient (Wildman–Crippen LogP) is 0.376. The first-order valence-electron chi connectivity index (χ1n) is 4.08. The minimum absolute atomic E-state index is 0.0459. The molecule has 0 radical (unpaired) electrons. The highest BCUT2D eigenvalue weighted by Crippen LogP contribution is 2.33. The van der Waals surface area contributed by atoms with Gasteiger partial charge in [-0.25, -0.2) is 0 Å². The van der Waals surface area contributed by atoms with Crippen molar-refractivity contribution in [2.75, 3.05) is 0 Å². The number of carboxylic acid groups (broad SMARTS) is 1. The molecule has 1 rings (SSSR count). The van der Waals surface area contributed by atoms with E-state index >= 15 is 0 Å². The summed E-state index contributed by atoms with van der Waals surface area (Å²) in [5, 5.41) is 11.2. The maximum atomic E-state index is 10.7. The Morgan fingerprint density at radius 2 is 2.17 bits per heavy atom. The lowest BCUT2D eigenvalue weighted by atomic mass is 10.1. The van der Waals surface area contributed by atoms with Gasteiger partial charge >= 0.3 is 5.97 Å². The van der Waals surface area contributed by atoms with Crippen LogP contribution in [-0.4, -0.2) is 23.0 Å². The molecule has 0 aromatic heterocycles. The van der Waals surface area contributed by atoms with Crippen LogP contribution in [0.1, 0.15) is 26.2 Å². The van der Waals surface area contributed by atoms with E-state index in [-0.39, 0.29) is 18.4 Å². The summed E-state index contributed by atoms with van der Waals surface area (Å²) in [5.74, 6) is -0.598. The van der Waals surface area contributed by atoms with Gasteiger partial charge in [-0.05, 0) is 18.8 Å². The number of hydrogen-bond donors (Lipinski definition) is 2. The summed E-state index contributed by atoms with van der Waals surface area (Å²) in [6, 6.07) is -0.153. The highest BCUT2D eigenvalue weighted by Gasteiger charge is 2.32. The summed E-state index contributed by atoms with van der Waals surface area (Å²) < 4.78 is 0. The van der Waals surface area contributed by atoms with Crippen molar-refractivity contribution < 1.29 is 14.7 Å². The zero-order valence-corrected chi connectivity index (χ0v) is 7.04. The van der Waals surface area contributed by atoms with Crippen LogP contribution >= 0.6 is 0 Å². The highest BCUT2D eigenvalue weighted by atomic mass is 16.4. The van der Waals surface area contributed by atoms with Crippen LogP contribution in [0.2, 0.25) is 0 Å². The topological polar surface area (TPSA) is 66.4 Å². The first kappa shape index (κ1) is 9.03. The van der Waals surface area contributed by atoms with Gasteiger partial charge in [0.15, 0.2) is 0 Å². The number of carboxylic acids is 1. The molecule has 68 valence electrons. The van der Waals surface area contributed by atoms with E-state index in [0.29, 0.717) is 5.92 Å². The van der Waals surface area contributed by atoms with Gasteiger partial charge in [0.1, 0.15) is 0 Å². The third-order valence-electron chi connectivity index (χ3n) is 1.97. The largest absolute Gasteiger partial charge is 0.481 e. The molecule has 0 bridgehead atoms. The number of rotatable bonds is 4. The fourth-order valence-electron chi connectivity index (χ4n) is 1.28. The van der Waals surface area contributed by atoms with E-state index in [1.54, 1.807) is 0 Å². The van der Waals surface area contributed by atoms with Crippen molar-refractivity contribution in [3.05, 3.63) is 0 Å². The third-order valence-corrected chi connectivity index (χ3v) is 1.97. The van der Waals surface area contributed by atoms with E-state index in [4.69, 9.17) is 5.11 Å². The Labute approximate surface area is 71.0 Å². The van der Waals surface area contributed by atoms with Crippen LogP contribution in [0.4, 0.5) is 0 Å². The predicted molar refractivity (Wildman–Crippen MR) is 42.6 cm³/mol. The summed E-state index contributed by atoms with van der Waals surface area (Å²) in [5.41, 5.74) is 0. The lowest BCUT2D eigenvalue weighted by molar-refractivity contribution is -0.137. The molecule has 0 aromatic rings. The molecule has 1 unspecified atom stereocenters. The van der Waals surface area contributed by atoms with E-state index in [1.807, 2.05) is 0 Å². The third kappa shape index (κ3) is 2.90. The number of carbonyl (C=O) groups is 2. The second-order valence-electron chi connectivity index (χ2n) is 3.24. The van der Waals surface area contributed by atoms with Crippen molar-refractivity contribution in [1.29, 1.82) is 0 Å². The maximum Gasteiger partial charge on any atom is 0.305 e. The van der Waals surface area contributed by atoms with Gasteiger partial charge in [-0.15, -0.1) is 0 Å². The Morgan fingerprint density at radius 1 is 1.58 bits per heavy atom. The van der Waals surface area contributed by atoms with Crippen LogP contribution in [0, 0.1) is 5.92 Å². The Balaban J connectivity index is 2.37. The highest BCUT2D eigenvalue weighted by molar-refractivity contribution is 5.75. The Bertz CT molecular complexity index is 182. The van der Waals surface area contributed by atoms with Gasteiger partial charge in [0.25, 0.3) is 0 Å². The Morgan fingerprint density at radius 3 is 2.50 bits per heavy atom. The SMILES string of the molecule is CC(=O)NC(CC(=O)O)C1CC1. The molecule has 4 heteroatoms. The molecule has 1 atom stereocenters. The van der Waals surface area contributed by atoms with Crippen LogP contribution in [0.5, 0.6) is 0 Å². The number of nitrogens with one attached hydrogen (secondary N) is 1. The molecule has 2 N–H and O–H groups in total.